The summed E-state index contributed by atoms with van der Waals surface area (Å²) in [4.78, 5) is 55.6. The summed E-state index contributed by atoms with van der Waals surface area (Å²) in [6, 6.07) is 6.49. The summed E-state index contributed by atoms with van der Waals surface area (Å²) in [6.45, 7) is 12.4. The minimum Gasteiger partial charge on any atom is -0.494 e. The highest BCUT2D eigenvalue weighted by atomic mass is 19.1. The van der Waals surface area contributed by atoms with E-state index >= 15 is 4.39 Å². The number of benzene rings is 2. The molecule has 4 N–H and O–H groups in total. The third-order valence-corrected chi connectivity index (χ3v) is 10.4. The first kappa shape index (κ1) is 37.2. The number of anilines is 4. The standard InChI is InChI=1S/C38H52FN9O4/c1-23(40-5)35(49)45-33(38(2,3)4)37(51)48-13-7-8-31(48)36(50)44-29-19-26-28(20-32(29)52-6)41-22-42-34(26)43-25-11-12-30(27(39)18-25)47-16-14-46(15-17-47)21-24-9-10-24/h11-12,18-20,22-24,31,33,40H,7-10,13-17,21H2,1-6H3,(H,44,50)(H,45,49)(H,41,42,43)/t23-,31-,33+/m0/s1. The number of hydrogen-bond acceptors (Lipinski definition) is 10. The number of piperazine rings is 1. The fraction of sp³-hybridized carbons (Fsp3) is 0.553. The fourth-order valence-electron chi connectivity index (χ4n) is 7.00. The highest BCUT2D eigenvalue weighted by molar-refractivity contribution is 6.03. The van der Waals surface area contributed by atoms with E-state index in [-0.39, 0.29) is 23.5 Å². The van der Waals surface area contributed by atoms with Crippen LogP contribution in [0.25, 0.3) is 10.9 Å². The summed E-state index contributed by atoms with van der Waals surface area (Å²) in [7, 11) is 3.18. The van der Waals surface area contributed by atoms with E-state index in [4.69, 9.17) is 4.74 Å². The van der Waals surface area contributed by atoms with Gasteiger partial charge in [0.2, 0.25) is 17.7 Å². The van der Waals surface area contributed by atoms with Crippen molar-refractivity contribution in [3.05, 3.63) is 42.5 Å². The normalized spacial score (nSPS) is 19.3. The molecule has 3 atom stereocenters. The van der Waals surface area contributed by atoms with Crippen molar-refractivity contribution in [3.8, 4) is 5.75 Å². The Kier molecular flexibility index (Phi) is 11.2. The van der Waals surface area contributed by atoms with Crippen LogP contribution in [-0.2, 0) is 14.4 Å². The number of likely N-dealkylation sites (tertiary alicyclic amines) is 1. The maximum absolute atomic E-state index is 15.5. The topological polar surface area (TPSA) is 144 Å². The first-order valence-electron chi connectivity index (χ1n) is 18.3. The molecular formula is C38H52FN9O4. The summed E-state index contributed by atoms with van der Waals surface area (Å²) in [5, 5.41) is 12.6. The number of aromatic nitrogens is 2. The van der Waals surface area contributed by atoms with Crippen LogP contribution >= 0.6 is 0 Å². The Morgan fingerprint density at radius 2 is 1.77 bits per heavy atom. The van der Waals surface area contributed by atoms with Gasteiger partial charge in [0.15, 0.2) is 0 Å². The molecule has 3 heterocycles. The number of rotatable bonds is 12. The molecule has 3 aliphatic rings. The van der Waals surface area contributed by atoms with Gasteiger partial charge in [-0.2, -0.15) is 0 Å². The van der Waals surface area contributed by atoms with Gasteiger partial charge in [-0.25, -0.2) is 14.4 Å². The average molecular weight is 718 g/mol. The lowest BCUT2D eigenvalue weighted by atomic mass is 9.85. The Bertz CT molecular complexity index is 1790. The maximum atomic E-state index is 15.5. The van der Waals surface area contributed by atoms with Gasteiger partial charge in [-0.3, -0.25) is 19.3 Å². The van der Waals surface area contributed by atoms with Crippen LogP contribution in [0, 0.1) is 17.2 Å². The molecule has 1 saturated carbocycles. The SMILES string of the molecule is CN[C@@H](C)C(=O)N[C@H](C(=O)N1CCC[C@H]1C(=O)Nc1cc2c(Nc3ccc(N4CCN(CC5CC5)CC4)c(F)c3)ncnc2cc1OC)C(C)(C)C. The molecule has 2 aliphatic heterocycles. The maximum Gasteiger partial charge on any atom is 0.247 e. The first-order chi connectivity index (χ1) is 24.9. The number of likely N-dealkylation sites (N-methyl/N-ethyl adjacent to an activating group) is 1. The van der Waals surface area contributed by atoms with E-state index in [0.29, 0.717) is 58.9 Å². The van der Waals surface area contributed by atoms with Gasteiger partial charge in [0.1, 0.15) is 35.8 Å². The van der Waals surface area contributed by atoms with E-state index in [1.807, 2.05) is 26.8 Å². The number of nitrogens with zero attached hydrogens (tertiary/aromatic N) is 5. The van der Waals surface area contributed by atoms with E-state index in [1.165, 1.54) is 32.3 Å². The van der Waals surface area contributed by atoms with E-state index in [9.17, 15) is 14.4 Å². The number of hydrogen-bond donors (Lipinski definition) is 4. The Morgan fingerprint density at radius 1 is 1.02 bits per heavy atom. The summed E-state index contributed by atoms with van der Waals surface area (Å²) < 4.78 is 21.1. The molecule has 3 fully saturated rings. The van der Waals surface area contributed by atoms with Crippen molar-refractivity contribution >= 4 is 51.5 Å². The molecule has 14 heteroatoms. The molecule has 2 aromatic carbocycles. The number of methoxy groups -OCH3 is 1. The number of halogens is 1. The van der Waals surface area contributed by atoms with Crippen molar-refractivity contribution < 1.29 is 23.5 Å². The molecule has 2 saturated heterocycles. The van der Waals surface area contributed by atoms with Gasteiger partial charge >= 0.3 is 0 Å². The molecule has 3 aromatic rings. The number of nitrogens with one attached hydrogen (secondary N) is 4. The summed E-state index contributed by atoms with van der Waals surface area (Å²) in [5.41, 5.74) is 1.46. The Balaban J connectivity index is 1.18. The largest absolute Gasteiger partial charge is 0.494 e. The van der Waals surface area contributed by atoms with Crippen LogP contribution < -0.4 is 30.9 Å². The molecule has 52 heavy (non-hydrogen) atoms. The van der Waals surface area contributed by atoms with Gasteiger partial charge in [-0.1, -0.05) is 20.8 Å². The Hall–Kier alpha value is -4.56. The van der Waals surface area contributed by atoms with Crippen molar-refractivity contribution in [2.24, 2.45) is 11.3 Å². The van der Waals surface area contributed by atoms with Crippen LogP contribution in [0.1, 0.15) is 53.4 Å². The molecule has 6 rings (SSSR count). The smallest absolute Gasteiger partial charge is 0.247 e. The van der Waals surface area contributed by atoms with Gasteiger partial charge in [0.25, 0.3) is 0 Å². The second kappa shape index (κ2) is 15.6. The highest BCUT2D eigenvalue weighted by Gasteiger charge is 2.42. The third kappa shape index (κ3) is 8.39. The van der Waals surface area contributed by atoms with Crippen molar-refractivity contribution in [2.45, 2.75) is 71.5 Å². The summed E-state index contributed by atoms with van der Waals surface area (Å²) in [6.07, 6.45) is 5.18. The van der Waals surface area contributed by atoms with Gasteiger partial charge in [0, 0.05) is 56.4 Å². The lowest BCUT2D eigenvalue weighted by Crippen LogP contribution is -2.59. The lowest BCUT2D eigenvalue weighted by molar-refractivity contribution is -0.143. The molecular weight excluding hydrogens is 665 g/mol. The average Bonchev–Trinajstić information content (AvgIpc) is 3.80. The number of carbonyl (C=O) groups is 3. The highest BCUT2D eigenvalue weighted by Crippen LogP contribution is 2.35. The van der Waals surface area contributed by atoms with Crippen LogP contribution in [0.15, 0.2) is 36.7 Å². The third-order valence-electron chi connectivity index (χ3n) is 10.4. The van der Waals surface area contributed by atoms with Crippen LogP contribution in [0.5, 0.6) is 5.75 Å². The Morgan fingerprint density at radius 3 is 2.42 bits per heavy atom. The molecule has 0 unspecified atom stereocenters. The van der Waals surface area contributed by atoms with Crippen LogP contribution in [0.4, 0.5) is 27.3 Å². The Labute approximate surface area is 305 Å². The zero-order valence-electron chi connectivity index (χ0n) is 31.1. The molecule has 0 spiro atoms. The molecule has 3 amide bonds. The first-order valence-corrected chi connectivity index (χ1v) is 18.3. The fourth-order valence-corrected chi connectivity index (χ4v) is 7.00. The zero-order valence-corrected chi connectivity index (χ0v) is 31.1. The molecule has 280 valence electrons. The quantitative estimate of drug-likeness (QED) is 0.216. The number of carbonyl (C=O) groups excluding carboxylic acids is 3. The predicted molar refractivity (Wildman–Crippen MR) is 200 cm³/mol. The minimum absolute atomic E-state index is 0.292. The second-order valence-corrected chi connectivity index (χ2v) is 15.3. The van der Waals surface area contributed by atoms with Crippen molar-refractivity contribution in [1.29, 1.82) is 0 Å². The van der Waals surface area contributed by atoms with Gasteiger partial charge in [-0.05, 0) is 75.3 Å². The van der Waals surface area contributed by atoms with Gasteiger partial charge in [-0.15, -0.1) is 0 Å². The monoisotopic (exact) mass is 717 g/mol. The van der Waals surface area contributed by atoms with Crippen molar-refractivity contribution in [1.82, 2.24) is 30.4 Å². The summed E-state index contributed by atoms with van der Waals surface area (Å²) >= 11 is 0. The van der Waals surface area contributed by atoms with E-state index in [1.54, 1.807) is 37.1 Å². The summed E-state index contributed by atoms with van der Waals surface area (Å²) in [5.74, 6) is 0.378. The number of amides is 3. The van der Waals surface area contributed by atoms with E-state index < -0.39 is 23.5 Å². The number of ether oxygens (including phenoxy) is 1. The lowest BCUT2D eigenvalue weighted by Gasteiger charge is -2.36. The molecule has 1 aliphatic carbocycles. The van der Waals surface area contributed by atoms with Crippen LogP contribution in [0.3, 0.4) is 0 Å². The minimum atomic E-state index is -0.828. The zero-order chi connectivity index (χ0) is 37.2. The molecule has 13 nitrogen and oxygen atoms in total. The molecule has 0 radical (unpaired) electrons. The second-order valence-electron chi connectivity index (χ2n) is 15.3. The van der Waals surface area contributed by atoms with Gasteiger partial charge in [0.05, 0.1) is 30.0 Å². The van der Waals surface area contributed by atoms with E-state index in [2.05, 4.69) is 41.0 Å². The number of fused-ring (bicyclic) bond motifs is 1. The van der Waals surface area contributed by atoms with Gasteiger partial charge < -0.3 is 35.8 Å². The van der Waals surface area contributed by atoms with Crippen LogP contribution in [0.2, 0.25) is 0 Å². The van der Waals surface area contributed by atoms with Crippen LogP contribution in [-0.4, -0.2) is 109 Å². The van der Waals surface area contributed by atoms with Crippen molar-refractivity contribution in [2.75, 3.05) is 69.0 Å². The predicted octanol–water partition coefficient (Wildman–Crippen LogP) is 4.12. The van der Waals surface area contributed by atoms with Crippen molar-refractivity contribution in [3.63, 3.8) is 0 Å². The molecule has 0 bridgehead atoms. The van der Waals surface area contributed by atoms with E-state index in [0.717, 1.165) is 38.6 Å². The molecule has 1 aromatic heterocycles.